The molecule has 4 rings (SSSR count). The number of aromatic nitrogens is 2. The highest BCUT2D eigenvalue weighted by atomic mass is 16.4. The van der Waals surface area contributed by atoms with E-state index in [0.717, 1.165) is 38.0 Å². The average molecular weight is 417 g/mol. The largest absolute Gasteiger partial charge is 0.478 e. The summed E-state index contributed by atoms with van der Waals surface area (Å²) in [6.45, 7) is 1.70. The van der Waals surface area contributed by atoms with E-state index in [1.807, 2.05) is 31.3 Å². The second-order valence-corrected chi connectivity index (χ2v) is 7.96. The Balaban J connectivity index is 1.50. The maximum Gasteiger partial charge on any atom is 0.339 e. The van der Waals surface area contributed by atoms with Crippen LogP contribution >= 0.6 is 0 Å². The van der Waals surface area contributed by atoms with E-state index >= 15 is 0 Å². The summed E-state index contributed by atoms with van der Waals surface area (Å²) in [6.07, 6.45) is 5.00. The van der Waals surface area contributed by atoms with Crippen molar-refractivity contribution in [3.05, 3.63) is 83.7 Å². The van der Waals surface area contributed by atoms with Crippen LogP contribution in [-0.2, 0) is 6.42 Å². The molecule has 0 bridgehead atoms. The predicted molar refractivity (Wildman–Crippen MR) is 123 cm³/mol. The van der Waals surface area contributed by atoms with Crippen molar-refractivity contribution < 1.29 is 9.90 Å². The lowest BCUT2D eigenvalue weighted by Crippen LogP contribution is -2.26. The predicted octanol–water partition coefficient (Wildman–Crippen LogP) is 4.59. The third-order valence-electron chi connectivity index (χ3n) is 5.88. The molecule has 2 heterocycles. The van der Waals surface area contributed by atoms with Crippen molar-refractivity contribution in [1.29, 1.82) is 0 Å². The molecule has 1 aliphatic rings. The normalized spacial score (nSPS) is 15.8. The van der Waals surface area contributed by atoms with Gasteiger partial charge in [-0.25, -0.2) is 14.8 Å². The number of para-hydroxylation sites is 1. The molecule has 0 saturated carbocycles. The van der Waals surface area contributed by atoms with Gasteiger partial charge >= 0.3 is 5.97 Å². The molecule has 6 heteroatoms. The van der Waals surface area contributed by atoms with E-state index in [-0.39, 0.29) is 11.6 Å². The van der Waals surface area contributed by atoms with Crippen LogP contribution in [0.3, 0.4) is 0 Å². The van der Waals surface area contributed by atoms with Crippen molar-refractivity contribution in [3.63, 3.8) is 0 Å². The van der Waals surface area contributed by atoms with E-state index in [4.69, 9.17) is 4.98 Å². The molecule has 1 aliphatic heterocycles. The van der Waals surface area contributed by atoms with E-state index in [2.05, 4.69) is 51.2 Å². The summed E-state index contributed by atoms with van der Waals surface area (Å²) in [7, 11) is 2.05. The zero-order valence-corrected chi connectivity index (χ0v) is 17.8. The lowest BCUT2D eigenvalue weighted by Gasteiger charge is -2.25. The fourth-order valence-corrected chi connectivity index (χ4v) is 4.24. The third-order valence-corrected chi connectivity index (χ3v) is 5.88. The molecule has 1 saturated heterocycles. The molecular formula is C25H28N4O2. The minimum atomic E-state index is -0.973. The summed E-state index contributed by atoms with van der Waals surface area (Å²) in [5, 5.41) is 9.63. The van der Waals surface area contributed by atoms with Gasteiger partial charge in [0.2, 0.25) is 5.95 Å². The smallest absolute Gasteiger partial charge is 0.339 e. The molecule has 3 aromatic rings. The summed E-state index contributed by atoms with van der Waals surface area (Å²) >= 11 is 0. The van der Waals surface area contributed by atoms with Crippen LogP contribution in [0.25, 0.3) is 0 Å². The minimum absolute atomic E-state index is 0.196. The van der Waals surface area contributed by atoms with Gasteiger partial charge in [0.1, 0.15) is 0 Å². The van der Waals surface area contributed by atoms with E-state index in [1.54, 1.807) is 0 Å². The summed E-state index contributed by atoms with van der Waals surface area (Å²) in [6, 6.07) is 20.8. The van der Waals surface area contributed by atoms with Gasteiger partial charge < -0.3 is 14.9 Å². The highest BCUT2D eigenvalue weighted by molar-refractivity contribution is 5.88. The molecule has 0 radical (unpaired) electrons. The van der Waals surface area contributed by atoms with Gasteiger partial charge in [0, 0.05) is 32.0 Å². The molecule has 1 aromatic heterocycles. The number of benzene rings is 2. The molecule has 1 fully saturated rings. The standard InChI is InChI=1S/C25H28N4O2/c1-28(20-12-6-3-7-13-20)16-8-14-22-21(24(30)31)18-26-25(27-22)29-17-9-15-23(29)19-10-4-2-5-11-19/h2-7,10-13,18,23H,8-9,14-17H2,1H3,(H,30,31)/t23-/m1/s1. The number of nitrogens with zero attached hydrogens (tertiary/aromatic N) is 4. The summed E-state index contributed by atoms with van der Waals surface area (Å²) < 4.78 is 0. The SMILES string of the molecule is CN(CCCc1nc(N2CCC[C@@H]2c2ccccc2)ncc1C(=O)O)c1ccccc1. The Kier molecular flexibility index (Phi) is 6.46. The minimum Gasteiger partial charge on any atom is -0.478 e. The van der Waals surface area contributed by atoms with Gasteiger partial charge in [0.25, 0.3) is 0 Å². The van der Waals surface area contributed by atoms with Crippen LogP contribution in [0, 0.1) is 0 Å². The van der Waals surface area contributed by atoms with E-state index in [1.165, 1.54) is 11.8 Å². The topological polar surface area (TPSA) is 69.6 Å². The van der Waals surface area contributed by atoms with Gasteiger partial charge in [-0.05, 0) is 43.4 Å². The van der Waals surface area contributed by atoms with Crippen molar-refractivity contribution in [2.45, 2.75) is 31.7 Å². The van der Waals surface area contributed by atoms with E-state index in [0.29, 0.717) is 18.1 Å². The first-order valence-corrected chi connectivity index (χ1v) is 10.8. The van der Waals surface area contributed by atoms with Gasteiger partial charge in [-0.2, -0.15) is 0 Å². The van der Waals surface area contributed by atoms with Gasteiger partial charge in [0.05, 0.1) is 17.3 Å². The van der Waals surface area contributed by atoms with Crippen molar-refractivity contribution in [1.82, 2.24) is 9.97 Å². The number of carboxylic acid groups (broad SMARTS) is 1. The lowest BCUT2D eigenvalue weighted by molar-refractivity contribution is 0.0694. The number of aryl methyl sites for hydroxylation is 1. The second kappa shape index (κ2) is 9.60. The molecule has 1 N–H and O–H groups in total. The third kappa shape index (κ3) is 4.85. The summed E-state index contributed by atoms with van der Waals surface area (Å²) in [5.74, 6) is -0.346. The Morgan fingerprint density at radius 2 is 1.84 bits per heavy atom. The van der Waals surface area contributed by atoms with E-state index in [9.17, 15) is 9.90 Å². The molecule has 0 unspecified atom stereocenters. The first-order valence-electron chi connectivity index (χ1n) is 10.8. The van der Waals surface area contributed by atoms with Gasteiger partial charge in [0.15, 0.2) is 0 Å². The molecule has 0 spiro atoms. The number of rotatable bonds is 8. The average Bonchev–Trinajstić information content (AvgIpc) is 3.30. The van der Waals surface area contributed by atoms with Crippen LogP contribution < -0.4 is 9.80 Å². The molecule has 2 aromatic carbocycles. The van der Waals surface area contributed by atoms with Crippen molar-refractivity contribution in [2.24, 2.45) is 0 Å². The van der Waals surface area contributed by atoms with Crippen LogP contribution in [0.15, 0.2) is 66.9 Å². The van der Waals surface area contributed by atoms with Crippen molar-refractivity contribution in [2.75, 3.05) is 29.9 Å². The number of carbonyl (C=O) groups is 1. The zero-order valence-electron chi connectivity index (χ0n) is 17.8. The Hall–Kier alpha value is -3.41. The quantitative estimate of drug-likeness (QED) is 0.579. The van der Waals surface area contributed by atoms with Crippen LogP contribution in [0.5, 0.6) is 0 Å². The van der Waals surface area contributed by atoms with E-state index < -0.39 is 5.97 Å². The van der Waals surface area contributed by atoms with Crippen LogP contribution in [-0.4, -0.2) is 41.2 Å². The first-order chi connectivity index (χ1) is 15.1. The zero-order chi connectivity index (χ0) is 21.6. The van der Waals surface area contributed by atoms with Gasteiger partial charge in [-0.1, -0.05) is 48.5 Å². The van der Waals surface area contributed by atoms with Gasteiger partial charge in [-0.3, -0.25) is 0 Å². The molecule has 1 atom stereocenters. The Bertz CT molecular complexity index is 1010. The second-order valence-electron chi connectivity index (χ2n) is 7.96. The van der Waals surface area contributed by atoms with Crippen LogP contribution in [0.2, 0.25) is 0 Å². The Morgan fingerprint density at radius 1 is 1.13 bits per heavy atom. The highest BCUT2D eigenvalue weighted by Gasteiger charge is 2.28. The fourth-order valence-electron chi connectivity index (χ4n) is 4.24. The molecular weight excluding hydrogens is 388 g/mol. The van der Waals surface area contributed by atoms with Crippen LogP contribution in [0.1, 0.15) is 46.9 Å². The fraction of sp³-hybridized carbons (Fsp3) is 0.320. The molecule has 0 amide bonds. The maximum absolute atomic E-state index is 11.8. The number of carboxylic acids is 1. The molecule has 31 heavy (non-hydrogen) atoms. The lowest BCUT2D eigenvalue weighted by atomic mass is 10.1. The monoisotopic (exact) mass is 416 g/mol. The van der Waals surface area contributed by atoms with Gasteiger partial charge in [-0.15, -0.1) is 0 Å². The molecule has 6 nitrogen and oxygen atoms in total. The van der Waals surface area contributed by atoms with Crippen molar-refractivity contribution >= 4 is 17.6 Å². The van der Waals surface area contributed by atoms with Crippen LogP contribution in [0.4, 0.5) is 11.6 Å². The maximum atomic E-state index is 11.8. The number of hydrogen-bond acceptors (Lipinski definition) is 5. The molecule has 160 valence electrons. The Labute approximate surface area is 183 Å². The number of anilines is 2. The Morgan fingerprint density at radius 3 is 2.55 bits per heavy atom. The number of aromatic carboxylic acids is 1. The highest BCUT2D eigenvalue weighted by Crippen LogP contribution is 2.34. The first kappa shape index (κ1) is 20.8. The van der Waals surface area contributed by atoms with Crippen molar-refractivity contribution in [3.8, 4) is 0 Å². The number of hydrogen-bond donors (Lipinski definition) is 1. The summed E-state index contributed by atoms with van der Waals surface area (Å²) in [5.41, 5.74) is 3.20. The summed E-state index contributed by atoms with van der Waals surface area (Å²) in [4.78, 5) is 25.3. The molecule has 0 aliphatic carbocycles.